The zero-order chi connectivity index (χ0) is 17.4. The standard InChI is InChI=1S/C18H20N2O4/c1-9-7-13(5-6-14(9)19-10(2)21)20-17(22)15-11-3-4-12(8-11)16(15)18(23)24/h3-7,11-12,15-16H,8H2,1-2H3,(H,19,21)(H,20,22)(H,23,24)/t11-,12-,15-,16-/m0/s1. The molecule has 126 valence electrons. The molecule has 2 bridgehead atoms. The quantitative estimate of drug-likeness (QED) is 0.740. The van der Waals surface area contributed by atoms with E-state index in [-0.39, 0.29) is 23.7 Å². The van der Waals surface area contributed by atoms with Crippen LogP contribution in [0.3, 0.4) is 0 Å². The normalized spacial score (nSPS) is 27.1. The minimum absolute atomic E-state index is 0.00384. The van der Waals surface area contributed by atoms with E-state index in [1.54, 1.807) is 18.2 Å². The van der Waals surface area contributed by atoms with Crippen LogP contribution in [0.1, 0.15) is 18.9 Å². The number of aryl methyl sites for hydroxylation is 1. The van der Waals surface area contributed by atoms with Gasteiger partial charge in [-0.3, -0.25) is 14.4 Å². The van der Waals surface area contributed by atoms with Crippen LogP contribution in [0.25, 0.3) is 0 Å². The first-order chi connectivity index (χ1) is 11.4. The Kier molecular flexibility index (Phi) is 4.13. The molecule has 3 rings (SSSR count). The second kappa shape index (κ2) is 6.11. The van der Waals surface area contributed by atoms with Gasteiger partial charge in [0.05, 0.1) is 11.8 Å². The average Bonchev–Trinajstić information content (AvgIpc) is 3.10. The smallest absolute Gasteiger partial charge is 0.307 e. The monoisotopic (exact) mass is 328 g/mol. The Morgan fingerprint density at radius 1 is 1.08 bits per heavy atom. The van der Waals surface area contributed by atoms with Gasteiger partial charge in [0.1, 0.15) is 0 Å². The molecule has 2 aliphatic rings. The van der Waals surface area contributed by atoms with E-state index in [9.17, 15) is 19.5 Å². The molecule has 0 heterocycles. The Morgan fingerprint density at radius 3 is 2.33 bits per heavy atom. The third-order valence-corrected chi connectivity index (χ3v) is 4.85. The molecule has 6 heteroatoms. The predicted octanol–water partition coefficient (Wildman–Crippen LogP) is 2.41. The molecule has 6 nitrogen and oxygen atoms in total. The van der Waals surface area contributed by atoms with Crippen molar-refractivity contribution in [1.29, 1.82) is 0 Å². The van der Waals surface area contributed by atoms with Gasteiger partial charge in [-0.2, -0.15) is 0 Å². The third-order valence-electron chi connectivity index (χ3n) is 4.85. The Hall–Kier alpha value is -2.63. The van der Waals surface area contributed by atoms with Crippen LogP contribution in [0.2, 0.25) is 0 Å². The van der Waals surface area contributed by atoms with Gasteiger partial charge in [-0.15, -0.1) is 0 Å². The first-order valence-electron chi connectivity index (χ1n) is 7.97. The van der Waals surface area contributed by atoms with E-state index in [2.05, 4.69) is 10.6 Å². The van der Waals surface area contributed by atoms with Crippen molar-refractivity contribution in [2.24, 2.45) is 23.7 Å². The van der Waals surface area contributed by atoms with Crippen molar-refractivity contribution in [2.75, 3.05) is 10.6 Å². The molecular weight excluding hydrogens is 308 g/mol. The van der Waals surface area contributed by atoms with Crippen LogP contribution in [0.15, 0.2) is 30.4 Å². The van der Waals surface area contributed by atoms with E-state index in [1.165, 1.54) is 6.92 Å². The first kappa shape index (κ1) is 16.2. The first-order valence-corrected chi connectivity index (χ1v) is 7.97. The number of fused-ring (bicyclic) bond motifs is 2. The highest BCUT2D eigenvalue weighted by molar-refractivity contribution is 5.97. The minimum atomic E-state index is -0.913. The number of anilines is 2. The van der Waals surface area contributed by atoms with E-state index >= 15 is 0 Å². The van der Waals surface area contributed by atoms with Gasteiger partial charge in [-0.25, -0.2) is 0 Å². The van der Waals surface area contributed by atoms with Crippen LogP contribution in [-0.4, -0.2) is 22.9 Å². The highest BCUT2D eigenvalue weighted by atomic mass is 16.4. The molecular formula is C18H20N2O4. The van der Waals surface area contributed by atoms with Crippen molar-refractivity contribution in [1.82, 2.24) is 0 Å². The van der Waals surface area contributed by atoms with Crippen LogP contribution in [-0.2, 0) is 14.4 Å². The number of allylic oxidation sites excluding steroid dienone is 2. The van der Waals surface area contributed by atoms with E-state index in [1.807, 2.05) is 19.1 Å². The number of aliphatic carboxylic acids is 1. The Bertz CT molecular complexity index is 741. The molecule has 0 unspecified atom stereocenters. The van der Waals surface area contributed by atoms with Gasteiger partial charge in [0.15, 0.2) is 0 Å². The summed E-state index contributed by atoms with van der Waals surface area (Å²) in [4.78, 5) is 35.3. The molecule has 1 fully saturated rings. The molecule has 0 spiro atoms. The number of amides is 2. The fourth-order valence-electron chi connectivity index (χ4n) is 3.81. The molecule has 1 aromatic rings. The molecule has 4 atom stereocenters. The predicted molar refractivity (Wildman–Crippen MR) is 89.5 cm³/mol. The van der Waals surface area contributed by atoms with Crippen LogP contribution >= 0.6 is 0 Å². The number of carboxylic acids is 1. The van der Waals surface area contributed by atoms with Crippen molar-refractivity contribution >= 4 is 29.2 Å². The molecule has 24 heavy (non-hydrogen) atoms. The molecule has 2 aliphatic carbocycles. The minimum Gasteiger partial charge on any atom is -0.481 e. The summed E-state index contributed by atoms with van der Waals surface area (Å²) < 4.78 is 0. The Morgan fingerprint density at radius 2 is 1.75 bits per heavy atom. The highest BCUT2D eigenvalue weighted by Gasteiger charge is 2.51. The highest BCUT2D eigenvalue weighted by Crippen LogP contribution is 2.48. The van der Waals surface area contributed by atoms with Gasteiger partial charge in [0.25, 0.3) is 0 Å². The van der Waals surface area contributed by atoms with Gasteiger partial charge in [0, 0.05) is 18.3 Å². The summed E-state index contributed by atoms with van der Waals surface area (Å²) in [6, 6.07) is 5.19. The number of benzene rings is 1. The summed E-state index contributed by atoms with van der Waals surface area (Å²) in [7, 11) is 0. The van der Waals surface area contributed by atoms with Crippen molar-refractivity contribution in [3.63, 3.8) is 0 Å². The second-order valence-corrected chi connectivity index (χ2v) is 6.54. The lowest BCUT2D eigenvalue weighted by atomic mass is 9.82. The van der Waals surface area contributed by atoms with Crippen LogP contribution in [0.5, 0.6) is 0 Å². The Balaban J connectivity index is 1.75. The lowest BCUT2D eigenvalue weighted by Crippen LogP contribution is -2.36. The summed E-state index contributed by atoms with van der Waals surface area (Å²) in [6.07, 6.45) is 4.61. The summed E-state index contributed by atoms with van der Waals surface area (Å²) in [5.74, 6) is -2.57. The fraction of sp³-hybridized carbons (Fsp3) is 0.389. The molecule has 3 N–H and O–H groups in total. The number of carboxylic acid groups (broad SMARTS) is 1. The van der Waals surface area contributed by atoms with E-state index < -0.39 is 17.8 Å². The maximum atomic E-state index is 12.6. The molecule has 2 amide bonds. The number of hydrogen-bond acceptors (Lipinski definition) is 3. The zero-order valence-corrected chi connectivity index (χ0v) is 13.6. The van der Waals surface area contributed by atoms with Crippen LogP contribution < -0.4 is 10.6 Å². The van der Waals surface area contributed by atoms with Crippen molar-refractivity contribution in [3.8, 4) is 0 Å². The molecule has 1 aromatic carbocycles. The third kappa shape index (κ3) is 2.91. The number of rotatable bonds is 4. The second-order valence-electron chi connectivity index (χ2n) is 6.54. The molecule has 0 saturated heterocycles. The number of carbonyl (C=O) groups excluding carboxylic acids is 2. The van der Waals surface area contributed by atoms with Gasteiger partial charge in [-0.1, -0.05) is 12.2 Å². The van der Waals surface area contributed by atoms with Crippen LogP contribution in [0, 0.1) is 30.6 Å². The molecule has 0 aromatic heterocycles. The lowest BCUT2D eigenvalue weighted by Gasteiger charge is -2.24. The summed E-state index contributed by atoms with van der Waals surface area (Å²) in [6.45, 7) is 3.27. The maximum absolute atomic E-state index is 12.6. The fourth-order valence-corrected chi connectivity index (χ4v) is 3.81. The van der Waals surface area contributed by atoms with Gasteiger partial charge < -0.3 is 15.7 Å². The lowest BCUT2D eigenvalue weighted by molar-refractivity contribution is -0.146. The average molecular weight is 328 g/mol. The number of carbonyl (C=O) groups is 3. The largest absolute Gasteiger partial charge is 0.481 e. The summed E-state index contributed by atoms with van der Waals surface area (Å²) in [5.41, 5.74) is 2.11. The summed E-state index contributed by atoms with van der Waals surface area (Å²) >= 11 is 0. The SMILES string of the molecule is CC(=O)Nc1ccc(NC(=O)[C@@H]2[C@@H](C(=O)O)[C@H]3C=C[C@H]2C3)cc1C. The van der Waals surface area contributed by atoms with Gasteiger partial charge in [0.2, 0.25) is 11.8 Å². The number of nitrogens with one attached hydrogen (secondary N) is 2. The summed E-state index contributed by atoms with van der Waals surface area (Å²) in [5, 5.41) is 15.0. The maximum Gasteiger partial charge on any atom is 0.307 e. The van der Waals surface area contributed by atoms with Gasteiger partial charge in [-0.05, 0) is 48.9 Å². The van der Waals surface area contributed by atoms with Gasteiger partial charge >= 0.3 is 5.97 Å². The van der Waals surface area contributed by atoms with Crippen LogP contribution in [0.4, 0.5) is 11.4 Å². The van der Waals surface area contributed by atoms with Crippen molar-refractivity contribution in [2.45, 2.75) is 20.3 Å². The van der Waals surface area contributed by atoms with Crippen molar-refractivity contribution in [3.05, 3.63) is 35.9 Å². The molecule has 0 radical (unpaired) electrons. The Labute approximate surface area is 139 Å². The van der Waals surface area contributed by atoms with Crippen molar-refractivity contribution < 1.29 is 19.5 Å². The molecule has 1 saturated carbocycles. The van der Waals surface area contributed by atoms with E-state index in [0.717, 1.165) is 12.0 Å². The zero-order valence-electron chi connectivity index (χ0n) is 13.6. The van der Waals surface area contributed by atoms with E-state index in [4.69, 9.17) is 0 Å². The topological polar surface area (TPSA) is 95.5 Å². The molecule has 0 aliphatic heterocycles. The van der Waals surface area contributed by atoms with E-state index in [0.29, 0.717) is 11.4 Å². The number of hydrogen-bond donors (Lipinski definition) is 3.